The predicted molar refractivity (Wildman–Crippen MR) is 78.8 cm³/mol. The average molecular weight is 291 g/mol. The molecule has 1 aliphatic heterocycles. The van der Waals surface area contributed by atoms with E-state index in [9.17, 15) is 0 Å². The second kappa shape index (κ2) is 5.59. The maximum Gasteiger partial charge on any atom is 0.213 e. The summed E-state index contributed by atoms with van der Waals surface area (Å²) in [5, 5.41) is 4.06. The molecule has 0 fully saturated rings. The van der Waals surface area contributed by atoms with Gasteiger partial charge in [0.25, 0.3) is 0 Å². The lowest BCUT2D eigenvalue weighted by Gasteiger charge is -2.11. The summed E-state index contributed by atoms with van der Waals surface area (Å²) in [6, 6.07) is 7.66. The Labute approximate surface area is 122 Å². The molecule has 0 saturated carbocycles. The molecule has 4 nitrogen and oxygen atoms in total. The van der Waals surface area contributed by atoms with Gasteiger partial charge in [-0.15, -0.1) is 0 Å². The van der Waals surface area contributed by atoms with Crippen molar-refractivity contribution in [3.8, 4) is 11.6 Å². The molecular weight excluding hydrogens is 276 g/mol. The molecule has 0 spiro atoms. The van der Waals surface area contributed by atoms with Crippen LogP contribution in [0.5, 0.6) is 11.6 Å². The Morgan fingerprint density at radius 1 is 1.40 bits per heavy atom. The van der Waals surface area contributed by atoms with E-state index in [-0.39, 0.29) is 0 Å². The second-order valence-corrected chi connectivity index (χ2v) is 5.03. The summed E-state index contributed by atoms with van der Waals surface area (Å²) in [5.74, 6) is 1.56. The van der Waals surface area contributed by atoms with Crippen LogP contribution in [-0.2, 0) is 13.0 Å². The number of benzene rings is 1. The quantitative estimate of drug-likeness (QED) is 0.938. The number of anilines is 1. The van der Waals surface area contributed by atoms with E-state index in [1.54, 1.807) is 13.3 Å². The van der Waals surface area contributed by atoms with Gasteiger partial charge in [0.15, 0.2) is 0 Å². The van der Waals surface area contributed by atoms with Crippen molar-refractivity contribution in [1.29, 1.82) is 0 Å². The Morgan fingerprint density at radius 3 is 3.05 bits per heavy atom. The normalized spacial score (nSPS) is 12.7. The van der Waals surface area contributed by atoms with Gasteiger partial charge in [-0.05, 0) is 23.8 Å². The lowest BCUT2D eigenvalue weighted by Crippen LogP contribution is -2.02. The number of aromatic nitrogens is 1. The van der Waals surface area contributed by atoms with Crippen molar-refractivity contribution in [3.05, 3.63) is 46.6 Å². The van der Waals surface area contributed by atoms with Crippen LogP contribution < -0.4 is 14.8 Å². The van der Waals surface area contributed by atoms with Gasteiger partial charge in [-0.1, -0.05) is 11.6 Å². The Kier molecular flexibility index (Phi) is 3.65. The molecular formula is C15H15ClN2O2. The fourth-order valence-corrected chi connectivity index (χ4v) is 2.54. The molecule has 104 valence electrons. The van der Waals surface area contributed by atoms with Crippen molar-refractivity contribution >= 4 is 17.3 Å². The molecule has 0 radical (unpaired) electrons. The number of rotatable bonds is 4. The molecule has 0 saturated heterocycles. The van der Waals surface area contributed by atoms with Crippen LogP contribution in [0, 0.1) is 0 Å². The van der Waals surface area contributed by atoms with Crippen LogP contribution in [0.25, 0.3) is 0 Å². The minimum Gasteiger partial charge on any atom is -0.493 e. The van der Waals surface area contributed by atoms with Crippen LogP contribution in [0.3, 0.4) is 0 Å². The molecule has 0 atom stereocenters. The summed E-state index contributed by atoms with van der Waals surface area (Å²) >= 11 is 6.14. The van der Waals surface area contributed by atoms with Gasteiger partial charge >= 0.3 is 0 Å². The summed E-state index contributed by atoms with van der Waals surface area (Å²) in [6.45, 7) is 1.38. The van der Waals surface area contributed by atoms with Crippen LogP contribution >= 0.6 is 11.6 Å². The number of hydrogen-bond acceptors (Lipinski definition) is 4. The molecule has 0 amide bonds. The maximum absolute atomic E-state index is 6.14. The van der Waals surface area contributed by atoms with Crippen molar-refractivity contribution in [2.75, 3.05) is 19.0 Å². The molecule has 2 aromatic rings. The van der Waals surface area contributed by atoms with Gasteiger partial charge in [-0.2, -0.15) is 0 Å². The van der Waals surface area contributed by atoms with E-state index in [1.165, 1.54) is 5.56 Å². The molecule has 0 aliphatic carbocycles. The first kappa shape index (κ1) is 13.1. The zero-order chi connectivity index (χ0) is 13.9. The summed E-state index contributed by atoms with van der Waals surface area (Å²) < 4.78 is 10.7. The second-order valence-electron chi connectivity index (χ2n) is 4.59. The number of fused-ring (bicyclic) bond motifs is 1. The largest absolute Gasteiger partial charge is 0.493 e. The molecule has 1 aliphatic rings. The fourth-order valence-electron chi connectivity index (χ4n) is 2.28. The third kappa shape index (κ3) is 2.65. The monoisotopic (exact) mass is 290 g/mol. The number of ether oxygens (including phenoxy) is 2. The molecule has 2 heterocycles. The Balaban J connectivity index is 1.75. The summed E-state index contributed by atoms with van der Waals surface area (Å²) in [6.07, 6.45) is 2.66. The lowest BCUT2D eigenvalue weighted by atomic mass is 10.1. The van der Waals surface area contributed by atoms with Gasteiger partial charge in [0.2, 0.25) is 5.88 Å². The number of halogens is 1. The highest BCUT2D eigenvalue weighted by Crippen LogP contribution is 2.33. The Morgan fingerprint density at radius 2 is 2.30 bits per heavy atom. The predicted octanol–water partition coefficient (Wildman–Crippen LogP) is 3.29. The standard InChI is InChI=1S/C15H15ClN2O2/c1-19-14-3-2-13(9-18-14)17-8-11-7-12(16)6-10-4-5-20-15(10)11/h2-3,6-7,9,17H,4-5,8H2,1H3. The molecule has 3 rings (SSSR count). The summed E-state index contributed by atoms with van der Waals surface area (Å²) in [5.41, 5.74) is 3.18. The summed E-state index contributed by atoms with van der Waals surface area (Å²) in [4.78, 5) is 4.16. The smallest absolute Gasteiger partial charge is 0.213 e. The number of nitrogens with one attached hydrogen (secondary N) is 1. The van der Waals surface area contributed by atoms with Gasteiger partial charge in [-0.25, -0.2) is 4.98 Å². The zero-order valence-corrected chi connectivity index (χ0v) is 11.9. The first-order valence-electron chi connectivity index (χ1n) is 6.44. The van der Waals surface area contributed by atoms with E-state index in [1.807, 2.05) is 24.3 Å². The Hall–Kier alpha value is -1.94. The number of hydrogen-bond donors (Lipinski definition) is 1. The van der Waals surface area contributed by atoms with Crippen molar-refractivity contribution in [2.45, 2.75) is 13.0 Å². The van der Waals surface area contributed by atoms with Crippen LogP contribution in [0.1, 0.15) is 11.1 Å². The van der Waals surface area contributed by atoms with E-state index in [4.69, 9.17) is 21.1 Å². The number of nitrogens with zero attached hydrogens (tertiary/aromatic N) is 1. The highest BCUT2D eigenvalue weighted by atomic mass is 35.5. The van der Waals surface area contributed by atoms with Crippen molar-refractivity contribution < 1.29 is 9.47 Å². The molecule has 0 unspecified atom stereocenters. The number of methoxy groups -OCH3 is 1. The van der Waals surface area contributed by atoms with E-state index in [2.05, 4.69) is 10.3 Å². The molecule has 1 N–H and O–H groups in total. The number of pyridine rings is 1. The molecule has 20 heavy (non-hydrogen) atoms. The highest BCUT2D eigenvalue weighted by molar-refractivity contribution is 6.30. The van der Waals surface area contributed by atoms with Gasteiger partial charge in [0, 0.05) is 29.6 Å². The SMILES string of the molecule is COc1ccc(NCc2cc(Cl)cc3c2OCC3)cn1. The molecule has 0 bridgehead atoms. The van der Waals surface area contributed by atoms with Gasteiger partial charge in [0.05, 0.1) is 25.6 Å². The summed E-state index contributed by atoms with van der Waals surface area (Å²) in [7, 11) is 1.60. The highest BCUT2D eigenvalue weighted by Gasteiger charge is 2.17. The van der Waals surface area contributed by atoms with E-state index < -0.39 is 0 Å². The lowest BCUT2D eigenvalue weighted by molar-refractivity contribution is 0.354. The van der Waals surface area contributed by atoms with Crippen LogP contribution in [-0.4, -0.2) is 18.7 Å². The van der Waals surface area contributed by atoms with E-state index >= 15 is 0 Å². The minimum atomic E-state index is 0.600. The van der Waals surface area contributed by atoms with Gasteiger partial charge in [0.1, 0.15) is 5.75 Å². The van der Waals surface area contributed by atoms with Gasteiger partial charge in [-0.3, -0.25) is 0 Å². The van der Waals surface area contributed by atoms with Crippen LogP contribution in [0.15, 0.2) is 30.5 Å². The van der Waals surface area contributed by atoms with Crippen molar-refractivity contribution in [1.82, 2.24) is 4.98 Å². The topological polar surface area (TPSA) is 43.4 Å². The van der Waals surface area contributed by atoms with Gasteiger partial charge < -0.3 is 14.8 Å². The average Bonchev–Trinajstić information content (AvgIpc) is 2.93. The first-order chi connectivity index (χ1) is 9.76. The molecule has 5 heteroatoms. The minimum absolute atomic E-state index is 0.600. The first-order valence-corrected chi connectivity index (χ1v) is 6.82. The third-order valence-electron chi connectivity index (χ3n) is 3.25. The van der Waals surface area contributed by atoms with Crippen molar-refractivity contribution in [2.24, 2.45) is 0 Å². The van der Waals surface area contributed by atoms with Crippen LogP contribution in [0.4, 0.5) is 5.69 Å². The van der Waals surface area contributed by atoms with Crippen molar-refractivity contribution in [3.63, 3.8) is 0 Å². The zero-order valence-electron chi connectivity index (χ0n) is 11.1. The molecule has 1 aromatic heterocycles. The maximum atomic E-state index is 6.14. The van der Waals surface area contributed by atoms with Crippen LogP contribution in [0.2, 0.25) is 5.02 Å². The fraction of sp³-hybridized carbons (Fsp3) is 0.267. The van der Waals surface area contributed by atoms with E-state index in [0.29, 0.717) is 12.4 Å². The van der Waals surface area contributed by atoms with E-state index in [0.717, 1.165) is 35.1 Å². The Bertz CT molecular complexity index is 614. The molecule has 1 aromatic carbocycles. The third-order valence-corrected chi connectivity index (χ3v) is 3.47.